The lowest BCUT2D eigenvalue weighted by Crippen LogP contribution is -2.14. The zero-order valence-corrected chi connectivity index (χ0v) is 7.02. The summed E-state index contributed by atoms with van der Waals surface area (Å²) in [5.41, 5.74) is 0. The lowest BCUT2D eigenvalue weighted by molar-refractivity contribution is -0.146. The molecule has 0 aliphatic rings. The molecule has 0 rings (SSSR count). The lowest BCUT2D eigenvalue weighted by Gasteiger charge is -2.12. The van der Waals surface area contributed by atoms with Gasteiger partial charge in [0.05, 0.1) is 0 Å². The van der Waals surface area contributed by atoms with E-state index in [1.54, 1.807) is 0 Å². The number of ether oxygens (including phenoxy) is 1. The standard InChI is InChI=1S/C8H16O2/c1-4-6-8(5-2)10-7(3)9/h8H,4-6H2,1-3H3. The molecular formula is C8H16O2. The van der Waals surface area contributed by atoms with Gasteiger partial charge in [0.1, 0.15) is 6.10 Å². The van der Waals surface area contributed by atoms with Crippen molar-refractivity contribution in [3.8, 4) is 0 Å². The molecule has 0 amide bonds. The number of esters is 1. The Morgan fingerprint density at radius 3 is 2.40 bits per heavy atom. The van der Waals surface area contributed by atoms with Crippen LogP contribution in [0.5, 0.6) is 0 Å². The van der Waals surface area contributed by atoms with Crippen LogP contribution in [0.15, 0.2) is 0 Å². The van der Waals surface area contributed by atoms with Crippen LogP contribution in [0, 0.1) is 0 Å². The third-order valence-electron chi connectivity index (χ3n) is 1.40. The van der Waals surface area contributed by atoms with Crippen molar-refractivity contribution in [2.75, 3.05) is 0 Å². The van der Waals surface area contributed by atoms with Crippen LogP contribution < -0.4 is 0 Å². The van der Waals surface area contributed by atoms with Gasteiger partial charge in [-0.2, -0.15) is 0 Å². The van der Waals surface area contributed by atoms with Gasteiger partial charge in [0.2, 0.25) is 0 Å². The van der Waals surface area contributed by atoms with E-state index in [0.29, 0.717) is 0 Å². The van der Waals surface area contributed by atoms with Crippen molar-refractivity contribution in [1.29, 1.82) is 0 Å². The third kappa shape index (κ3) is 4.36. The van der Waals surface area contributed by atoms with Crippen LogP contribution in [0.1, 0.15) is 40.0 Å². The molecule has 0 fully saturated rings. The molecule has 1 atom stereocenters. The van der Waals surface area contributed by atoms with E-state index >= 15 is 0 Å². The molecule has 0 saturated heterocycles. The van der Waals surface area contributed by atoms with Gasteiger partial charge in [0, 0.05) is 6.92 Å². The summed E-state index contributed by atoms with van der Waals surface area (Å²) in [5, 5.41) is 0. The van der Waals surface area contributed by atoms with Crippen LogP contribution >= 0.6 is 0 Å². The molecule has 1 unspecified atom stereocenters. The zero-order valence-electron chi connectivity index (χ0n) is 7.02. The van der Waals surface area contributed by atoms with E-state index < -0.39 is 0 Å². The first-order valence-electron chi connectivity index (χ1n) is 3.87. The summed E-state index contributed by atoms with van der Waals surface area (Å²) in [6.45, 7) is 5.58. The van der Waals surface area contributed by atoms with Gasteiger partial charge >= 0.3 is 5.97 Å². The van der Waals surface area contributed by atoms with Crippen molar-refractivity contribution in [2.24, 2.45) is 0 Å². The van der Waals surface area contributed by atoms with Crippen molar-refractivity contribution < 1.29 is 9.53 Å². The van der Waals surface area contributed by atoms with E-state index in [-0.39, 0.29) is 12.1 Å². The number of carbonyl (C=O) groups excluding carboxylic acids is 1. The Morgan fingerprint density at radius 1 is 1.50 bits per heavy atom. The second-order valence-corrected chi connectivity index (χ2v) is 2.43. The van der Waals surface area contributed by atoms with Crippen LogP contribution in [0.3, 0.4) is 0 Å². The van der Waals surface area contributed by atoms with Crippen molar-refractivity contribution in [3.05, 3.63) is 0 Å². The largest absolute Gasteiger partial charge is 0.463 e. The van der Waals surface area contributed by atoms with E-state index in [1.807, 2.05) is 6.92 Å². The first-order valence-corrected chi connectivity index (χ1v) is 3.87. The normalized spacial score (nSPS) is 12.7. The maximum absolute atomic E-state index is 10.5. The zero-order chi connectivity index (χ0) is 7.98. The number of hydrogen-bond acceptors (Lipinski definition) is 2. The minimum Gasteiger partial charge on any atom is -0.463 e. The summed E-state index contributed by atoms with van der Waals surface area (Å²) in [5.74, 6) is -0.166. The average Bonchev–Trinajstić information content (AvgIpc) is 1.86. The molecule has 0 N–H and O–H groups in total. The molecule has 0 heterocycles. The van der Waals surface area contributed by atoms with Crippen LogP contribution in [0.25, 0.3) is 0 Å². The van der Waals surface area contributed by atoms with E-state index in [1.165, 1.54) is 6.92 Å². The second-order valence-electron chi connectivity index (χ2n) is 2.43. The molecular weight excluding hydrogens is 128 g/mol. The van der Waals surface area contributed by atoms with Crippen LogP contribution in [-0.2, 0) is 9.53 Å². The molecule has 10 heavy (non-hydrogen) atoms. The third-order valence-corrected chi connectivity index (χ3v) is 1.40. The first kappa shape index (κ1) is 9.47. The highest BCUT2D eigenvalue weighted by Gasteiger charge is 2.06. The Bertz CT molecular complexity index is 99.4. The van der Waals surface area contributed by atoms with Crippen LogP contribution in [0.2, 0.25) is 0 Å². The maximum Gasteiger partial charge on any atom is 0.302 e. The highest BCUT2D eigenvalue weighted by Crippen LogP contribution is 2.05. The molecule has 2 heteroatoms. The Labute approximate surface area is 62.6 Å². The van der Waals surface area contributed by atoms with Crippen molar-refractivity contribution in [1.82, 2.24) is 0 Å². The predicted octanol–water partition coefficient (Wildman–Crippen LogP) is 2.13. The van der Waals surface area contributed by atoms with Gasteiger partial charge in [-0.1, -0.05) is 20.3 Å². The van der Waals surface area contributed by atoms with E-state index in [4.69, 9.17) is 4.74 Å². The minimum absolute atomic E-state index is 0.141. The quantitative estimate of drug-likeness (QED) is 0.565. The maximum atomic E-state index is 10.5. The Hall–Kier alpha value is -0.530. The molecule has 60 valence electrons. The van der Waals surface area contributed by atoms with Gasteiger partial charge < -0.3 is 4.74 Å². The van der Waals surface area contributed by atoms with Crippen LogP contribution in [0.4, 0.5) is 0 Å². The molecule has 0 aliphatic carbocycles. The molecule has 0 saturated carbocycles. The van der Waals surface area contributed by atoms with Gasteiger partial charge in [-0.15, -0.1) is 0 Å². The molecule has 2 nitrogen and oxygen atoms in total. The smallest absolute Gasteiger partial charge is 0.302 e. The second kappa shape index (κ2) is 5.27. The Morgan fingerprint density at radius 2 is 2.10 bits per heavy atom. The summed E-state index contributed by atoms with van der Waals surface area (Å²) in [6.07, 6.45) is 3.12. The summed E-state index contributed by atoms with van der Waals surface area (Å²) in [4.78, 5) is 10.5. The summed E-state index contributed by atoms with van der Waals surface area (Å²) in [6, 6.07) is 0. The van der Waals surface area contributed by atoms with Gasteiger partial charge in [-0.25, -0.2) is 0 Å². The summed E-state index contributed by atoms with van der Waals surface area (Å²) < 4.78 is 5.00. The Kier molecular flexibility index (Phi) is 4.99. The van der Waals surface area contributed by atoms with E-state index in [0.717, 1.165) is 19.3 Å². The van der Waals surface area contributed by atoms with Gasteiger partial charge in [0.15, 0.2) is 0 Å². The SMILES string of the molecule is CCCC(CC)OC(C)=O. The summed E-state index contributed by atoms with van der Waals surface area (Å²) in [7, 11) is 0. The van der Waals surface area contributed by atoms with Crippen LogP contribution in [-0.4, -0.2) is 12.1 Å². The molecule has 0 spiro atoms. The number of rotatable bonds is 4. The van der Waals surface area contributed by atoms with Gasteiger partial charge in [-0.3, -0.25) is 4.79 Å². The Balaban J connectivity index is 3.49. The highest BCUT2D eigenvalue weighted by atomic mass is 16.5. The fourth-order valence-corrected chi connectivity index (χ4v) is 0.903. The fraction of sp³-hybridized carbons (Fsp3) is 0.875. The van der Waals surface area contributed by atoms with Crippen molar-refractivity contribution in [2.45, 2.75) is 46.1 Å². The van der Waals surface area contributed by atoms with E-state index in [9.17, 15) is 4.79 Å². The first-order chi connectivity index (χ1) is 4.70. The lowest BCUT2D eigenvalue weighted by atomic mass is 10.2. The monoisotopic (exact) mass is 144 g/mol. The minimum atomic E-state index is -0.166. The molecule has 0 bridgehead atoms. The number of carbonyl (C=O) groups is 1. The molecule has 0 radical (unpaired) electrons. The predicted molar refractivity (Wildman–Crippen MR) is 40.8 cm³/mol. The highest BCUT2D eigenvalue weighted by molar-refractivity contribution is 5.66. The van der Waals surface area contributed by atoms with Gasteiger partial charge in [0.25, 0.3) is 0 Å². The fourth-order valence-electron chi connectivity index (χ4n) is 0.903. The van der Waals surface area contributed by atoms with Gasteiger partial charge in [-0.05, 0) is 12.8 Å². The molecule has 0 aromatic heterocycles. The van der Waals surface area contributed by atoms with Crippen molar-refractivity contribution >= 4 is 5.97 Å². The number of hydrogen-bond donors (Lipinski definition) is 0. The van der Waals surface area contributed by atoms with E-state index in [2.05, 4.69) is 6.92 Å². The topological polar surface area (TPSA) is 26.3 Å². The summed E-state index contributed by atoms with van der Waals surface area (Å²) >= 11 is 0. The molecule has 0 aliphatic heterocycles. The van der Waals surface area contributed by atoms with Crippen molar-refractivity contribution in [3.63, 3.8) is 0 Å². The molecule has 0 aromatic carbocycles. The molecule has 0 aromatic rings. The average molecular weight is 144 g/mol.